The van der Waals surface area contributed by atoms with Gasteiger partial charge in [-0.3, -0.25) is 14.7 Å². The molecule has 1 aromatic heterocycles. The number of likely N-dealkylation sites (tertiary alicyclic amines) is 1. The van der Waals surface area contributed by atoms with Crippen LogP contribution in [-0.4, -0.2) is 41.5 Å². The standard InChI is InChI=1S/C14H22N4O/c1-3-10-4-5-12(17-7-10)9-18-8-11(15)6-13(18)14(19)16-2/h4-5,7,11,13H,3,6,8-9,15H2,1-2H3,(H,16,19)/t11-,13+/m1/s1. The third-order valence-electron chi connectivity index (χ3n) is 3.64. The highest BCUT2D eigenvalue weighted by molar-refractivity contribution is 5.81. The molecular formula is C14H22N4O. The summed E-state index contributed by atoms with van der Waals surface area (Å²) in [5.74, 6) is 0.0399. The van der Waals surface area contributed by atoms with Crippen LogP contribution in [0.1, 0.15) is 24.6 Å². The van der Waals surface area contributed by atoms with Gasteiger partial charge < -0.3 is 11.1 Å². The highest BCUT2D eigenvalue weighted by atomic mass is 16.2. The summed E-state index contributed by atoms with van der Waals surface area (Å²) in [7, 11) is 1.67. The number of rotatable bonds is 4. The number of nitrogens with one attached hydrogen (secondary N) is 1. The van der Waals surface area contributed by atoms with Crippen molar-refractivity contribution in [2.45, 2.75) is 38.4 Å². The Morgan fingerprint density at radius 3 is 2.95 bits per heavy atom. The van der Waals surface area contributed by atoms with Gasteiger partial charge in [0.1, 0.15) is 0 Å². The van der Waals surface area contributed by atoms with Crippen LogP contribution in [0.15, 0.2) is 18.3 Å². The molecule has 104 valence electrons. The van der Waals surface area contributed by atoms with E-state index in [4.69, 9.17) is 5.73 Å². The summed E-state index contributed by atoms with van der Waals surface area (Å²) in [6.07, 6.45) is 3.61. The minimum absolute atomic E-state index is 0.0399. The SMILES string of the molecule is CCc1ccc(CN2C[C@H](N)C[C@H]2C(=O)NC)nc1. The van der Waals surface area contributed by atoms with Crippen molar-refractivity contribution in [2.24, 2.45) is 5.73 Å². The second-order valence-electron chi connectivity index (χ2n) is 5.07. The first-order valence-corrected chi connectivity index (χ1v) is 6.79. The van der Waals surface area contributed by atoms with Crippen LogP contribution in [0.25, 0.3) is 0 Å². The molecule has 2 rings (SSSR count). The monoisotopic (exact) mass is 262 g/mol. The van der Waals surface area contributed by atoms with E-state index in [1.807, 2.05) is 12.3 Å². The Kier molecular flexibility index (Phi) is 4.50. The number of likely N-dealkylation sites (N-methyl/N-ethyl adjacent to an activating group) is 1. The van der Waals surface area contributed by atoms with Crippen LogP contribution in [0, 0.1) is 0 Å². The third kappa shape index (κ3) is 3.30. The highest BCUT2D eigenvalue weighted by Crippen LogP contribution is 2.19. The number of aromatic nitrogens is 1. The molecule has 2 heterocycles. The molecule has 3 N–H and O–H groups in total. The summed E-state index contributed by atoms with van der Waals surface area (Å²) in [6.45, 7) is 3.53. The van der Waals surface area contributed by atoms with Crippen molar-refractivity contribution >= 4 is 5.91 Å². The first-order valence-electron chi connectivity index (χ1n) is 6.79. The molecule has 19 heavy (non-hydrogen) atoms. The quantitative estimate of drug-likeness (QED) is 0.818. The number of carbonyl (C=O) groups is 1. The van der Waals surface area contributed by atoms with Crippen LogP contribution in [0.3, 0.4) is 0 Å². The summed E-state index contributed by atoms with van der Waals surface area (Å²) in [5.41, 5.74) is 8.18. The highest BCUT2D eigenvalue weighted by Gasteiger charge is 2.34. The summed E-state index contributed by atoms with van der Waals surface area (Å²) in [4.78, 5) is 18.4. The molecule has 1 aliphatic rings. The molecular weight excluding hydrogens is 240 g/mol. The Morgan fingerprint density at radius 2 is 2.37 bits per heavy atom. The van der Waals surface area contributed by atoms with Gasteiger partial charge in [0.2, 0.25) is 5.91 Å². The third-order valence-corrected chi connectivity index (χ3v) is 3.64. The predicted molar refractivity (Wildman–Crippen MR) is 74.5 cm³/mol. The van der Waals surface area contributed by atoms with E-state index in [1.54, 1.807) is 7.05 Å². The van der Waals surface area contributed by atoms with Crippen molar-refractivity contribution < 1.29 is 4.79 Å². The van der Waals surface area contributed by atoms with Crippen molar-refractivity contribution in [1.29, 1.82) is 0 Å². The second-order valence-corrected chi connectivity index (χ2v) is 5.07. The van der Waals surface area contributed by atoms with E-state index in [9.17, 15) is 4.79 Å². The lowest BCUT2D eigenvalue weighted by atomic mass is 10.1. The Bertz CT molecular complexity index is 432. The first-order chi connectivity index (χ1) is 9.13. The minimum atomic E-state index is -0.132. The van der Waals surface area contributed by atoms with Gasteiger partial charge in [0.25, 0.3) is 0 Å². The molecule has 0 saturated carbocycles. The Labute approximate surface area is 114 Å². The molecule has 0 spiro atoms. The fraction of sp³-hybridized carbons (Fsp3) is 0.571. The zero-order chi connectivity index (χ0) is 13.8. The number of aryl methyl sites for hydroxylation is 1. The van der Waals surface area contributed by atoms with Gasteiger partial charge in [0.05, 0.1) is 11.7 Å². The topological polar surface area (TPSA) is 71.2 Å². The maximum Gasteiger partial charge on any atom is 0.237 e. The van der Waals surface area contributed by atoms with Gasteiger partial charge in [-0.15, -0.1) is 0 Å². The zero-order valence-electron chi connectivity index (χ0n) is 11.6. The lowest BCUT2D eigenvalue weighted by Gasteiger charge is -2.22. The van der Waals surface area contributed by atoms with Gasteiger partial charge >= 0.3 is 0 Å². The van der Waals surface area contributed by atoms with Crippen LogP contribution in [0.4, 0.5) is 0 Å². The normalized spacial score (nSPS) is 23.5. The van der Waals surface area contributed by atoms with Crippen molar-refractivity contribution in [3.8, 4) is 0 Å². The van der Waals surface area contributed by atoms with Gasteiger partial charge in [-0.2, -0.15) is 0 Å². The molecule has 1 saturated heterocycles. The van der Waals surface area contributed by atoms with Gasteiger partial charge in [0.15, 0.2) is 0 Å². The van der Waals surface area contributed by atoms with Crippen LogP contribution in [0.5, 0.6) is 0 Å². The predicted octanol–water partition coefficient (Wildman–Crippen LogP) is 0.292. The van der Waals surface area contributed by atoms with Crippen molar-refractivity contribution in [3.63, 3.8) is 0 Å². The molecule has 0 bridgehead atoms. The van der Waals surface area contributed by atoms with Crippen molar-refractivity contribution in [3.05, 3.63) is 29.6 Å². The maximum atomic E-state index is 11.8. The number of nitrogens with two attached hydrogens (primary N) is 1. The molecule has 1 aromatic rings. The van der Waals surface area contributed by atoms with E-state index >= 15 is 0 Å². The minimum Gasteiger partial charge on any atom is -0.358 e. The van der Waals surface area contributed by atoms with E-state index in [0.29, 0.717) is 13.0 Å². The molecule has 0 radical (unpaired) electrons. The number of pyridine rings is 1. The number of amides is 1. The Hall–Kier alpha value is -1.46. The zero-order valence-corrected chi connectivity index (χ0v) is 11.6. The summed E-state index contributed by atoms with van der Waals surface area (Å²) >= 11 is 0. The number of carbonyl (C=O) groups excluding carboxylic acids is 1. The molecule has 1 amide bonds. The van der Waals surface area contributed by atoms with Crippen LogP contribution in [0.2, 0.25) is 0 Å². The lowest BCUT2D eigenvalue weighted by Crippen LogP contribution is -2.41. The lowest BCUT2D eigenvalue weighted by molar-refractivity contribution is -0.125. The maximum absolute atomic E-state index is 11.8. The summed E-state index contributed by atoms with van der Waals surface area (Å²) in [6, 6.07) is 4.06. The van der Waals surface area contributed by atoms with Crippen molar-refractivity contribution in [1.82, 2.24) is 15.2 Å². The molecule has 0 aromatic carbocycles. The van der Waals surface area contributed by atoms with Gasteiger partial charge in [-0.25, -0.2) is 0 Å². The first kappa shape index (κ1) is 14.0. The number of nitrogens with zero attached hydrogens (tertiary/aromatic N) is 2. The number of hydrogen-bond donors (Lipinski definition) is 2. The average Bonchev–Trinajstić information content (AvgIpc) is 2.79. The largest absolute Gasteiger partial charge is 0.358 e. The molecule has 2 atom stereocenters. The molecule has 5 nitrogen and oxygen atoms in total. The fourth-order valence-corrected chi connectivity index (χ4v) is 2.52. The van der Waals surface area contributed by atoms with E-state index in [-0.39, 0.29) is 18.0 Å². The summed E-state index contributed by atoms with van der Waals surface area (Å²) < 4.78 is 0. The van der Waals surface area contributed by atoms with Gasteiger partial charge in [0, 0.05) is 32.4 Å². The fourth-order valence-electron chi connectivity index (χ4n) is 2.52. The average molecular weight is 262 g/mol. The molecule has 0 aliphatic carbocycles. The smallest absolute Gasteiger partial charge is 0.237 e. The van der Waals surface area contributed by atoms with E-state index in [0.717, 1.165) is 18.7 Å². The van der Waals surface area contributed by atoms with E-state index in [2.05, 4.69) is 28.2 Å². The van der Waals surface area contributed by atoms with Crippen LogP contribution in [-0.2, 0) is 17.8 Å². The van der Waals surface area contributed by atoms with Gasteiger partial charge in [-0.1, -0.05) is 13.0 Å². The number of hydrogen-bond acceptors (Lipinski definition) is 4. The molecule has 0 unspecified atom stereocenters. The molecule has 5 heteroatoms. The van der Waals surface area contributed by atoms with Crippen LogP contribution >= 0.6 is 0 Å². The van der Waals surface area contributed by atoms with Crippen molar-refractivity contribution in [2.75, 3.05) is 13.6 Å². The second kappa shape index (κ2) is 6.12. The van der Waals surface area contributed by atoms with Gasteiger partial charge in [-0.05, 0) is 24.5 Å². The summed E-state index contributed by atoms with van der Waals surface area (Å²) in [5, 5.41) is 2.70. The molecule has 1 aliphatic heterocycles. The van der Waals surface area contributed by atoms with E-state index < -0.39 is 0 Å². The van der Waals surface area contributed by atoms with Crippen LogP contribution < -0.4 is 11.1 Å². The Morgan fingerprint density at radius 1 is 1.58 bits per heavy atom. The molecule has 1 fully saturated rings. The van der Waals surface area contributed by atoms with E-state index in [1.165, 1.54) is 5.56 Å². The Balaban J connectivity index is 2.05.